The second kappa shape index (κ2) is 14.3. The summed E-state index contributed by atoms with van der Waals surface area (Å²) in [5, 5.41) is 43.8. The number of aliphatic hydroxyl groups is 3. The van der Waals surface area contributed by atoms with Crippen LogP contribution in [0.5, 0.6) is 5.75 Å². The number of carbonyl (C=O) groups is 2. The highest BCUT2D eigenvalue weighted by Crippen LogP contribution is 2.31. The number of halogens is 1. The van der Waals surface area contributed by atoms with Crippen molar-refractivity contribution >= 4 is 17.7 Å². The molecule has 0 fully saturated rings. The van der Waals surface area contributed by atoms with Gasteiger partial charge in [-0.2, -0.15) is 0 Å². The Kier molecular flexibility index (Phi) is 11.7. The van der Waals surface area contributed by atoms with Gasteiger partial charge in [-0.15, -0.1) is 0 Å². The summed E-state index contributed by atoms with van der Waals surface area (Å²) in [5.74, 6) is -3.13. The first kappa shape index (κ1) is 31.3. The molecule has 1 aliphatic rings. The van der Waals surface area contributed by atoms with E-state index in [1.807, 2.05) is 6.92 Å². The Bertz CT molecular complexity index is 1040. The maximum atomic E-state index is 15.3. The molecule has 2 rings (SSSR count). The zero-order chi connectivity index (χ0) is 28.6. The van der Waals surface area contributed by atoms with Crippen LogP contribution < -0.4 is 11.1 Å². The van der Waals surface area contributed by atoms with E-state index in [2.05, 4.69) is 5.32 Å². The molecule has 1 aromatic rings. The largest absolute Gasteiger partial charge is 0.508 e. The molecule has 0 saturated carbocycles. The Morgan fingerprint density at radius 3 is 2.45 bits per heavy atom. The standard InChI is InChI=1S/C28H41FN2O7/c1-15-8-20-11-22(34)12-23(24(20)29)31-27(36)16(2)6-5-7-19(13-32)26(38-28(30)37)18(4)10-17(3)25(35)21(9-15)14-33/h6,10-12,15,17,19,21,25-26,32-35H,5,7-9,13-14H2,1-4H3,(H2,30,37)(H,31,36)/t15-,17+,19-,21-,25-,26+/m1/s1. The fourth-order valence-corrected chi connectivity index (χ4v) is 5.09. The molecule has 0 radical (unpaired) electrons. The number of aliphatic hydroxyl groups excluding tert-OH is 3. The second-order valence-electron chi connectivity index (χ2n) is 10.4. The maximum absolute atomic E-state index is 15.3. The number of primary amides is 1. The van der Waals surface area contributed by atoms with Crippen LogP contribution in [-0.4, -0.2) is 57.8 Å². The first-order valence-electron chi connectivity index (χ1n) is 12.9. The van der Waals surface area contributed by atoms with Crippen molar-refractivity contribution in [2.45, 2.75) is 65.6 Å². The number of allylic oxidation sites excluding steroid dienone is 1. The summed E-state index contributed by atoms with van der Waals surface area (Å²) in [5.41, 5.74) is 6.24. The van der Waals surface area contributed by atoms with E-state index in [1.165, 1.54) is 6.07 Å². The molecule has 0 aromatic heterocycles. The quantitative estimate of drug-likeness (QED) is 0.323. The topological polar surface area (TPSA) is 162 Å². The number of hydrogen-bond acceptors (Lipinski definition) is 7. The summed E-state index contributed by atoms with van der Waals surface area (Å²) in [6, 6.07) is 2.45. The van der Waals surface area contributed by atoms with E-state index in [-0.39, 0.29) is 42.6 Å². The number of phenolic OH excluding ortho intramolecular Hbond substituents is 1. The monoisotopic (exact) mass is 536 g/mol. The number of benzene rings is 1. The fourth-order valence-electron chi connectivity index (χ4n) is 5.09. The Balaban J connectivity index is 2.52. The van der Waals surface area contributed by atoms with Crippen molar-refractivity contribution in [1.82, 2.24) is 0 Å². The van der Waals surface area contributed by atoms with Crippen molar-refractivity contribution in [2.24, 2.45) is 29.4 Å². The fraction of sp³-hybridized carbons (Fsp3) is 0.571. The van der Waals surface area contributed by atoms with Gasteiger partial charge in [0.05, 0.1) is 11.8 Å². The van der Waals surface area contributed by atoms with Crippen LogP contribution in [0.2, 0.25) is 0 Å². The SMILES string of the molecule is CC1=CCC[C@H](CO)[C@@H](OC(N)=O)C(C)=C[C@H](C)[C@@H](O)[C@@H](CO)C[C@H](C)Cc2cc(O)cc(c2F)NC1=O. The molecule has 7 N–H and O–H groups in total. The molecule has 2 bridgehead atoms. The molecule has 0 saturated heterocycles. The first-order chi connectivity index (χ1) is 17.9. The minimum Gasteiger partial charge on any atom is -0.508 e. The van der Waals surface area contributed by atoms with Gasteiger partial charge in [0.15, 0.2) is 0 Å². The highest BCUT2D eigenvalue weighted by atomic mass is 19.1. The van der Waals surface area contributed by atoms with Gasteiger partial charge in [0.25, 0.3) is 5.91 Å². The Hall–Kier alpha value is -2.95. The van der Waals surface area contributed by atoms with Crippen molar-refractivity contribution in [3.8, 4) is 5.75 Å². The summed E-state index contributed by atoms with van der Waals surface area (Å²) < 4.78 is 20.6. The van der Waals surface area contributed by atoms with E-state index in [1.54, 1.807) is 32.9 Å². The molecule has 2 amide bonds. The van der Waals surface area contributed by atoms with Crippen LogP contribution in [0.4, 0.5) is 14.9 Å². The van der Waals surface area contributed by atoms with Crippen molar-refractivity contribution in [3.05, 3.63) is 46.8 Å². The van der Waals surface area contributed by atoms with Gasteiger partial charge >= 0.3 is 6.09 Å². The van der Waals surface area contributed by atoms with Gasteiger partial charge in [0.2, 0.25) is 0 Å². The van der Waals surface area contributed by atoms with E-state index in [9.17, 15) is 30.0 Å². The highest BCUT2D eigenvalue weighted by molar-refractivity contribution is 6.03. The molecule has 6 atom stereocenters. The van der Waals surface area contributed by atoms with Crippen LogP contribution in [0, 0.1) is 29.5 Å². The number of aromatic hydroxyl groups is 1. The number of amides is 2. The van der Waals surface area contributed by atoms with Crippen molar-refractivity contribution in [1.29, 1.82) is 0 Å². The Morgan fingerprint density at radius 1 is 1.18 bits per heavy atom. The number of anilines is 1. The van der Waals surface area contributed by atoms with Gasteiger partial charge in [-0.1, -0.05) is 26.0 Å². The van der Waals surface area contributed by atoms with Gasteiger partial charge in [0, 0.05) is 42.6 Å². The minimum atomic E-state index is -1.01. The summed E-state index contributed by atoms with van der Waals surface area (Å²) in [6.07, 6.45) is 1.78. The summed E-state index contributed by atoms with van der Waals surface area (Å²) >= 11 is 0. The average molecular weight is 537 g/mol. The summed E-state index contributed by atoms with van der Waals surface area (Å²) in [7, 11) is 0. The minimum absolute atomic E-state index is 0.154. The lowest BCUT2D eigenvalue weighted by molar-refractivity contribution is -0.112. The molecular formula is C28H41FN2O7. The molecule has 0 aliphatic carbocycles. The van der Waals surface area contributed by atoms with E-state index in [0.717, 1.165) is 6.07 Å². The molecule has 38 heavy (non-hydrogen) atoms. The first-order valence-corrected chi connectivity index (χ1v) is 12.9. The van der Waals surface area contributed by atoms with Crippen LogP contribution >= 0.6 is 0 Å². The number of ether oxygens (including phenoxy) is 1. The predicted molar refractivity (Wildman–Crippen MR) is 142 cm³/mol. The van der Waals surface area contributed by atoms with E-state index in [0.29, 0.717) is 30.4 Å². The average Bonchev–Trinajstić information content (AvgIpc) is 2.85. The number of hydrogen-bond donors (Lipinski definition) is 6. The number of phenols is 1. The molecular weight excluding hydrogens is 495 g/mol. The smallest absolute Gasteiger partial charge is 0.405 e. The van der Waals surface area contributed by atoms with Crippen LogP contribution in [0.15, 0.2) is 35.4 Å². The zero-order valence-corrected chi connectivity index (χ0v) is 22.5. The lowest BCUT2D eigenvalue weighted by Crippen LogP contribution is -2.34. The third-order valence-electron chi connectivity index (χ3n) is 7.14. The van der Waals surface area contributed by atoms with E-state index < -0.39 is 47.8 Å². The molecule has 0 spiro atoms. The van der Waals surface area contributed by atoms with Gasteiger partial charge in [-0.05, 0) is 62.7 Å². The van der Waals surface area contributed by atoms with Crippen LogP contribution in [0.3, 0.4) is 0 Å². The molecule has 10 heteroatoms. The number of nitrogens with two attached hydrogens (primary N) is 1. The third kappa shape index (κ3) is 8.54. The van der Waals surface area contributed by atoms with Gasteiger partial charge in [-0.25, -0.2) is 9.18 Å². The van der Waals surface area contributed by atoms with E-state index in [4.69, 9.17) is 10.5 Å². The van der Waals surface area contributed by atoms with Crippen LogP contribution in [0.25, 0.3) is 0 Å². The van der Waals surface area contributed by atoms with E-state index >= 15 is 4.39 Å². The Labute approximate surface area is 223 Å². The van der Waals surface area contributed by atoms with Crippen LogP contribution in [-0.2, 0) is 16.0 Å². The Morgan fingerprint density at radius 2 is 1.84 bits per heavy atom. The van der Waals surface area contributed by atoms with Crippen molar-refractivity contribution < 1.29 is 39.1 Å². The van der Waals surface area contributed by atoms with Gasteiger partial charge in [0.1, 0.15) is 17.7 Å². The number of carbonyl (C=O) groups excluding carboxylic acids is 2. The molecule has 1 aliphatic heterocycles. The molecule has 0 unspecified atom stereocenters. The lowest BCUT2D eigenvalue weighted by Gasteiger charge is -2.30. The third-order valence-corrected chi connectivity index (χ3v) is 7.14. The van der Waals surface area contributed by atoms with Crippen LogP contribution in [0.1, 0.15) is 52.5 Å². The zero-order valence-electron chi connectivity index (χ0n) is 22.5. The van der Waals surface area contributed by atoms with Crippen molar-refractivity contribution in [2.75, 3.05) is 18.5 Å². The number of rotatable bonds is 3. The normalized spacial score (nSPS) is 28.2. The summed E-state index contributed by atoms with van der Waals surface area (Å²) in [6.45, 7) is 6.26. The summed E-state index contributed by atoms with van der Waals surface area (Å²) in [4.78, 5) is 24.4. The molecule has 1 aromatic carbocycles. The number of nitrogens with one attached hydrogen (secondary N) is 1. The van der Waals surface area contributed by atoms with Gasteiger partial charge in [-0.3, -0.25) is 4.79 Å². The molecule has 212 valence electrons. The van der Waals surface area contributed by atoms with Gasteiger partial charge < -0.3 is 36.2 Å². The lowest BCUT2D eigenvalue weighted by atomic mass is 9.82. The predicted octanol–water partition coefficient (Wildman–Crippen LogP) is 3.40. The van der Waals surface area contributed by atoms with Crippen molar-refractivity contribution in [3.63, 3.8) is 0 Å². The maximum Gasteiger partial charge on any atom is 0.405 e. The molecule has 9 nitrogen and oxygen atoms in total. The number of fused-ring (bicyclic) bond motifs is 2. The molecule has 1 heterocycles. The highest BCUT2D eigenvalue weighted by Gasteiger charge is 2.29. The second-order valence-corrected chi connectivity index (χ2v) is 10.4.